The van der Waals surface area contributed by atoms with Crippen LogP contribution in [0.3, 0.4) is 0 Å². The molecule has 2 heteroatoms. The van der Waals surface area contributed by atoms with Gasteiger partial charge in [-0.15, -0.1) is 0 Å². The van der Waals surface area contributed by atoms with Gasteiger partial charge in [0, 0.05) is 11.6 Å². The predicted octanol–water partition coefficient (Wildman–Crippen LogP) is 1.16. The number of morpholine rings is 1. The Kier molecular flexibility index (Phi) is 2.02. The van der Waals surface area contributed by atoms with Crippen LogP contribution in [0.1, 0.15) is 27.7 Å². The minimum absolute atomic E-state index is 0.159. The maximum atomic E-state index is 5.54. The van der Waals surface area contributed by atoms with E-state index in [0.717, 1.165) is 6.61 Å². The highest BCUT2D eigenvalue weighted by molar-refractivity contribution is 4.87. The summed E-state index contributed by atoms with van der Waals surface area (Å²) in [6, 6.07) is 0.476. The Morgan fingerprint density at radius 2 is 2.00 bits per heavy atom. The highest BCUT2D eigenvalue weighted by atomic mass is 16.5. The molecule has 1 heterocycles. The molecular formula is C8H17NO. The van der Waals surface area contributed by atoms with Gasteiger partial charge in [0.25, 0.3) is 0 Å². The van der Waals surface area contributed by atoms with Gasteiger partial charge in [0.1, 0.15) is 0 Å². The maximum absolute atomic E-state index is 5.54. The third-order valence-electron chi connectivity index (χ3n) is 2.03. The number of hydrogen-bond acceptors (Lipinski definition) is 2. The van der Waals surface area contributed by atoms with Crippen LogP contribution in [-0.4, -0.2) is 24.3 Å². The van der Waals surface area contributed by atoms with E-state index in [2.05, 4.69) is 33.0 Å². The average molecular weight is 143 g/mol. The van der Waals surface area contributed by atoms with E-state index < -0.39 is 0 Å². The molecule has 60 valence electrons. The molecule has 1 N–H and O–H groups in total. The molecule has 1 fully saturated rings. The Labute approximate surface area is 63.0 Å². The zero-order valence-electron chi connectivity index (χ0n) is 7.27. The van der Waals surface area contributed by atoms with Gasteiger partial charge in [-0.25, -0.2) is 0 Å². The van der Waals surface area contributed by atoms with E-state index in [1.54, 1.807) is 0 Å². The summed E-state index contributed by atoms with van der Waals surface area (Å²) in [6.45, 7) is 9.40. The monoisotopic (exact) mass is 143 g/mol. The van der Waals surface area contributed by atoms with E-state index in [1.807, 2.05) is 0 Å². The highest BCUT2D eigenvalue weighted by Gasteiger charge is 2.29. The van der Waals surface area contributed by atoms with E-state index in [0.29, 0.717) is 12.1 Å². The van der Waals surface area contributed by atoms with Crippen LogP contribution in [0.25, 0.3) is 0 Å². The minimum Gasteiger partial charge on any atom is -0.375 e. The smallest absolute Gasteiger partial charge is 0.0698 e. The molecule has 0 aromatic carbocycles. The Bertz CT molecular complexity index is 122. The first kappa shape index (κ1) is 8.02. The molecule has 2 unspecified atom stereocenters. The van der Waals surface area contributed by atoms with Crippen LogP contribution in [0, 0.1) is 0 Å². The first-order valence-electron chi connectivity index (χ1n) is 3.90. The summed E-state index contributed by atoms with van der Waals surface area (Å²) in [5.74, 6) is 0. The predicted molar refractivity (Wildman–Crippen MR) is 42.1 cm³/mol. The van der Waals surface area contributed by atoms with E-state index in [4.69, 9.17) is 4.74 Å². The molecule has 1 aliphatic heterocycles. The van der Waals surface area contributed by atoms with Crippen molar-refractivity contribution in [2.75, 3.05) is 6.61 Å². The minimum atomic E-state index is 0.159. The lowest BCUT2D eigenvalue weighted by Crippen LogP contribution is -2.57. The van der Waals surface area contributed by atoms with Crippen molar-refractivity contribution in [3.05, 3.63) is 0 Å². The second-order valence-corrected chi connectivity index (χ2v) is 3.83. The van der Waals surface area contributed by atoms with E-state index >= 15 is 0 Å². The van der Waals surface area contributed by atoms with Crippen molar-refractivity contribution in [3.63, 3.8) is 0 Å². The molecule has 1 rings (SSSR count). The van der Waals surface area contributed by atoms with Crippen LogP contribution in [0.15, 0.2) is 0 Å². The molecule has 0 saturated carbocycles. The van der Waals surface area contributed by atoms with Crippen LogP contribution >= 0.6 is 0 Å². The molecular weight excluding hydrogens is 126 g/mol. The fourth-order valence-electron chi connectivity index (χ4n) is 1.26. The molecule has 1 aliphatic rings. The van der Waals surface area contributed by atoms with Crippen LogP contribution in [0.2, 0.25) is 0 Å². The SMILES string of the molecule is CC1NC(C)(C)COC1C. The van der Waals surface area contributed by atoms with Crippen molar-refractivity contribution in [2.24, 2.45) is 0 Å². The molecule has 0 radical (unpaired) electrons. The standard InChI is InChI=1S/C8H17NO/c1-6-7(2)10-5-8(3,4)9-6/h6-7,9H,5H2,1-4H3. The molecule has 0 amide bonds. The average Bonchev–Trinajstić information content (AvgIpc) is 1.79. The van der Waals surface area contributed by atoms with Gasteiger partial charge in [0.2, 0.25) is 0 Å². The lowest BCUT2D eigenvalue weighted by molar-refractivity contribution is -0.0376. The number of hydrogen-bond donors (Lipinski definition) is 1. The van der Waals surface area contributed by atoms with Crippen molar-refractivity contribution in [3.8, 4) is 0 Å². The lowest BCUT2D eigenvalue weighted by Gasteiger charge is -2.39. The van der Waals surface area contributed by atoms with Gasteiger partial charge >= 0.3 is 0 Å². The summed E-state index contributed by atoms with van der Waals surface area (Å²) in [7, 11) is 0. The summed E-state index contributed by atoms with van der Waals surface area (Å²) in [5, 5.41) is 3.48. The van der Waals surface area contributed by atoms with Gasteiger partial charge in [-0.3, -0.25) is 0 Å². The van der Waals surface area contributed by atoms with Crippen molar-refractivity contribution >= 4 is 0 Å². The Hall–Kier alpha value is -0.0800. The molecule has 10 heavy (non-hydrogen) atoms. The highest BCUT2D eigenvalue weighted by Crippen LogP contribution is 2.14. The van der Waals surface area contributed by atoms with E-state index in [-0.39, 0.29) is 5.54 Å². The van der Waals surface area contributed by atoms with E-state index in [9.17, 15) is 0 Å². The normalized spacial score (nSPS) is 39.6. The number of ether oxygens (including phenoxy) is 1. The fourth-order valence-corrected chi connectivity index (χ4v) is 1.26. The molecule has 0 aliphatic carbocycles. The van der Waals surface area contributed by atoms with Crippen molar-refractivity contribution in [1.29, 1.82) is 0 Å². The first-order valence-corrected chi connectivity index (χ1v) is 3.90. The van der Waals surface area contributed by atoms with E-state index in [1.165, 1.54) is 0 Å². The lowest BCUT2D eigenvalue weighted by atomic mass is 10.0. The largest absolute Gasteiger partial charge is 0.375 e. The van der Waals surface area contributed by atoms with Gasteiger partial charge in [0.15, 0.2) is 0 Å². The van der Waals surface area contributed by atoms with Crippen LogP contribution in [0.4, 0.5) is 0 Å². The zero-order chi connectivity index (χ0) is 7.78. The summed E-state index contributed by atoms with van der Waals surface area (Å²) in [6.07, 6.45) is 0.355. The molecule has 1 saturated heterocycles. The van der Waals surface area contributed by atoms with Gasteiger partial charge in [-0.05, 0) is 27.7 Å². The fraction of sp³-hybridized carbons (Fsp3) is 1.00. The topological polar surface area (TPSA) is 21.3 Å². The molecule has 2 nitrogen and oxygen atoms in total. The molecule has 0 aromatic rings. The first-order chi connectivity index (χ1) is 4.51. The Morgan fingerprint density at radius 1 is 1.40 bits per heavy atom. The molecule has 2 atom stereocenters. The van der Waals surface area contributed by atoms with Crippen LogP contribution in [0.5, 0.6) is 0 Å². The van der Waals surface area contributed by atoms with Crippen molar-refractivity contribution < 1.29 is 4.74 Å². The van der Waals surface area contributed by atoms with Crippen molar-refractivity contribution in [1.82, 2.24) is 5.32 Å². The van der Waals surface area contributed by atoms with Crippen LogP contribution in [-0.2, 0) is 4.74 Å². The summed E-state index contributed by atoms with van der Waals surface area (Å²) in [4.78, 5) is 0. The number of rotatable bonds is 0. The second-order valence-electron chi connectivity index (χ2n) is 3.83. The number of nitrogens with one attached hydrogen (secondary N) is 1. The van der Waals surface area contributed by atoms with Crippen LogP contribution < -0.4 is 5.32 Å². The Morgan fingerprint density at radius 3 is 2.40 bits per heavy atom. The third kappa shape index (κ3) is 1.70. The van der Waals surface area contributed by atoms with Gasteiger partial charge in [0.05, 0.1) is 12.7 Å². The molecule has 0 spiro atoms. The van der Waals surface area contributed by atoms with Gasteiger partial charge in [-0.1, -0.05) is 0 Å². The molecule has 0 aromatic heterocycles. The Balaban J connectivity index is 2.49. The van der Waals surface area contributed by atoms with Crippen molar-refractivity contribution in [2.45, 2.75) is 45.4 Å². The zero-order valence-corrected chi connectivity index (χ0v) is 7.27. The molecule has 0 bridgehead atoms. The summed E-state index contributed by atoms with van der Waals surface area (Å²) < 4.78 is 5.54. The quantitative estimate of drug-likeness (QED) is 0.549. The third-order valence-corrected chi connectivity index (χ3v) is 2.03. The van der Waals surface area contributed by atoms with Gasteiger partial charge < -0.3 is 10.1 Å². The maximum Gasteiger partial charge on any atom is 0.0698 e. The summed E-state index contributed by atoms with van der Waals surface area (Å²) in [5.41, 5.74) is 0.159. The summed E-state index contributed by atoms with van der Waals surface area (Å²) >= 11 is 0. The second kappa shape index (κ2) is 2.51. The van der Waals surface area contributed by atoms with Gasteiger partial charge in [-0.2, -0.15) is 0 Å².